The van der Waals surface area contributed by atoms with E-state index in [-0.39, 0.29) is 5.82 Å². The molecule has 1 aromatic carbocycles. The Labute approximate surface area is 116 Å². The minimum atomic E-state index is -0.255. The summed E-state index contributed by atoms with van der Waals surface area (Å²) in [5, 5.41) is 0. The van der Waals surface area contributed by atoms with Gasteiger partial charge in [-0.15, -0.1) is 0 Å². The van der Waals surface area contributed by atoms with Crippen molar-refractivity contribution in [2.75, 3.05) is 37.8 Å². The zero-order chi connectivity index (χ0) is 13.3. The molecule has 0 aliphatic carbocycles. The van der Waals surface area contributed by atoms with E-state index in [1.165, 1.54) is 6.07 Å². The van der Waals surface area contributed by atoms with E-state index < -0.39 is 0 Å². The van der Waals surface area contributed by atoms with Crippen molar-refractivity contribution in [3.05, 3.63) is 22.4 Å². The number of rotatable bonds is 3. The standard InChI is InChI=1S/C13H19BrFN3/c1-17(2)8-9-4-3-5-18(9)13-7-11(15)10(14)6-12(13)16/h6-7,9H,3-5,8,16H2,1-2H3. The monoisotopic (exact) mass is 315 g/mol. The summed E-state index contributed by atoms with van der Waals surface area (Å²) in [5.41, 5.74) is 7.46. The molecule has 1 aliphatic rings. The number of hydrogen-bond donors (Lipinski definition) is 1. The number of nitrogens with two attached hydrogens (primary N) is 1. The predicted molar refractivity (Wildman–Crippen MR) is 77.4 cm³/mol. The molecule has 1 aromatic rings. The van der Waals surface area contributed by atoms with Gasteiger partial charge in [-0.3, -0.25) is 0 Å². The maximum absolute atomic E-state index is 13.7. The van der Waals surface area contributed by atoms with Crippen LogP contribution in [0.1, 0.15) is 12.8 Å². The third-order valence-electron chi connectivity index (χ3n) is 3.33. The van der Waals surface area contributed by atoms with Gasteiger partial charge in [0.05, 0.1) is 15.8 Å². The first kappa shape index (κ1) is 13.6. The molecule has 0 bridgehead atoms. The third kappa shape index (κ3) is 2.78. The molecule has 0 spiro atoms. The number of anilines is 2. The maximum atomic E-state index is 13.7. The van der Waals surface area contributed by atoms with Gasteiger partial charge in [-0.05, 0) is 48.9 Å². The molecule has 2 N–H and O–H groups in total. The van der Waals surface area contributed by atoms with Crippen molar-refractivity contribution in [1.29, 1.82) is 0 Å². The molecule has 1 atom stereocenters. The van der Waals surface area contributed by atoms with Crippen LogP contribution in [0.3, 0.4) is 0 Å². The normalized spacial score (nSPS) is 19.8. The lowest BCUT2D eigenvalue weighted by molar-refractivity contribution is 0.372. The second kappa shape index (κ2) is 5.45. The summed E-state index contributed by atoms with van der Waals surface area (Å²) in [4.78, 5) is 4.39. The van der Waals surface area contributed by atoms with Crippen molar-refractivity contribution in [1.82, 2.24) is 4.90 Å². The van der Waals surface area contributed by atoms with Crippen molar-refractivity contribution in [3.8, 4) is 0 Å². The molecule has 1 saturated heterocycles. The average Bonchev–Trinajstić information content (AvgIpc) is 2.70. The second-order valence-corrected chi connectivity index (χ2v) is 5.93. The SMILES string of the molecule is CN(C)CC1CCCN1c1cc(F)c(Br)cc1N. The number of nitrogens with zero attached hydrogens (tertiary/aromatic N) is 2. The van der Waals surface area contributed by atoms with Crippen LogP contribution < -0.4 is 10.6 Å². The molecule has 1 unspecified atom stereocenters. The van der Waals surface area contributed by atoms with Gasteiger partial charge in [-0.25, -0.2) is 4.39 Å². The summed E-state index contributed by atoms with van der Waals surface area (Å²) in [6, 6.07) is 3.60. The van der Waals surface area contributed by atoms with Gasteiger partial charge in [0.2, 0.25) is 0 Å². The molecule has 0 saturated carbocycles. The Morgan fingerprint density at radius 1 is 1.50 bits per heavy atom. The number of likely N-dealkylation sites (N-methyl/N-ethyl adjacent to an activating group) is 1. The number of nitrogen functional groups attached to an aromatic ring is 1. The van der Waals surface area contributed by atoms with E-state index in [1.807, 2.05) is 0 Å². The fourth-order valence-corrected chi connectivity index (χ4v) is 2.93. The molecule has 3 nitrogen and oxygen atoms in total. The zero-order valence-corrected chi connectivity index (χ0v) is 12.4. The number of halogens is 2. The van der Waals surface area contributed by atoms with Crippen LogP contribution in [0, 0.1) is 5.82 Å². The van der Waals surface area contributed by atoms with Crippen LogP contribution in [0.5, 0.6) is 0 Å². The Bertz CT molecular complexity index is 436. The van der Waals surface area contributed by atoms with E-state index in [1.54, 1.807) is 6.07 Å². The molecule has 2 rings (SSSR count). The van der Waals surface area contributed by atoms with Crippen LogP contribution in [0.15, 0.2) is 16.6 Å². The molecule has 18 heavy (non-hydrogen) atoms. The molecule has 100 valence electrons. The lowest BCUT2D eigenvalue weighted by Crippen LogP contribution is -2.37. The highest BCUT2D eigenvalue weighted by molar-refractivity contribution is 9.10. The lowest BCUT2D eigenvalue weighted by Gasteiger charge is -2.30. The van der Waals surface area contributed by atoms with Crippen LogP contribution >= 0.6 is 15.9 Å². The summed E-state index contributed by atoms with van der Waals surface area (Å²) < 4.78 is 14.1. The van der Waals surface area contributed by atoms with Crippen molar-refractivity contribution in [2.24, 2.45) is 0 Å². The number of benzene rings is 1. The Kier molecular flexibility index (Phi) is 4.12. The Balaban J connectivity index is 2.27. The fraction of sp³-hybridized carbons (Fsp3) is 0.538. The molecule has 0 amide bonds. The summed E-state index contributed by atoms with van der Waals surface area (Å²) in [5.74, 6) is -0.255. The molecule has 0 radical (unpaired) electrons. The minimum Gasteiger partial charge on any atom is -0.397 e. The summed E-state index contributed by atoms with van der Waals surface area (Å²) in [6.07, 6.45) is 2.27. The van der Waals surface area contributed by atoms with E-state index in [2.05, 4.69) is 39.8 Å². The first-order valence-electron chi connectivity index (χ1n) is 6.15. The van der Waals surface area contributed by atoms with Crippen molar-refractivity contribution < 1.29 is 4.39 Å². The van der Waals surface area contributed by atoms with Gasteiger partial charge >= 0.3 is 0 Å². The van der Waals surface area contributed by atoms with Crippen LogP contribution in [0.2, 0.25) is 0 Å². The first-order chi connectivity index (χ1) is 8.49. The summed E-state index contributed by atoms with van der Waals surface area (Å²) in [7, 11) is 4.12. The highest BCUT2D eigenvalue weighted by Gasteiger charge is 2.27. The fourth-order valence-electron chi connectivity index (χ4n) is 2.56. The van der Waals surface area contributed by atoms with Crippen LogP contribution in [0.25, 0.3) is 0 Å². The van der Waals surface area contributed by atoms with Crippen LogP contribution in [-0.2, 0) is 0 Å². The second-order valence-electron chi connectivity index (χ2n) is 5.08. The highest BCUT2D eigenvalue weighted by Crippen LogP contribution is 2.34. The van der Waals surface area contributed by atoms with Crippen molar-refractivity contribution >= 4 is 27.3 Å². The van der Waals surface area contributed by atoms with Crippen LogP contribution in [-0.4, -0.2) is 38.1 Å². The Hall–Kier alpha value is -0.810. The van der Waals surface area contributed by atoms with Gasteiger partial charge in [0.1, 0.15) is 5.82 Å². The van der Waals surface area contributed by atoms with E-state index >= 15 is 0 Å². The van der Waals surface area contributed by atoms with Crippen molar-refractivity contribution in [3.63, 3.8) is 0 Å². The average molecular weight is 316 g/mol. The molecule has 1 aliphatic heterocycles. The van der Waals surface area contributed by atoms with E-state index in [0.29, 0.717) is 16.2 Å². The molecular weight excluding hydrogens is 297 g/mol. The van der Waals surface area contributed by atoms with Gasteiger partial charge < -0.3 is 15.5 Å². The molecule has 1 heterocycles. The quantitative estimate of drug-likeness (QED) is 0.870. The highest BCUT2D eigenvalue weighted by atomic mass is 79.9. The molecular formula is C13H19BrFN3. The van der Waals surface area contributed by atoms with Crippen LogP contribution in [0.4, 0.5) is 15.8 Å². The Morgan fingerprint density at radius 2 is 2.22 bits per heavy atom. The molecule has 1 fully saturated rings. The van der Waals surface area contributed by atoms with E-state index in [9.17, 15) is 4.39 Å². The first-order valence-corrected chi connectivity index (χ1v) is 6.94. The smallest absolute Gasteiger partial charge is 0.139 e. The topological polar surface area (TPSA) is 32.5 Å². The molecule has 0 aromatic heterocycles. The van der Waals surface area contributed by atoms with E-state index in [4.69, 9.17) is 5.73 Å². The van der Waals surface area contributed by atoms with Crippen molar-refractivity contribution in [2.45, 2.75) is 18.9 Å². The van der Waals surface area contributed by atoms with Gasteiger partial charge in [0, 0.05) is 25.2 Å². The molecule has 5 heteroatoms. The lowest BCUT2D eigenvalue weighted by atomic mass is 10.2. The summed E-state index contributed by atoms with van der Waals surface area (Å²) in [6.45, 7) is 1.92. The summed E-state index contributed by atoms with van der Waals surface area (Å²) >= 11 is 3.16. The van der Waals surface area contributed by atoms with Gasteiger partial charge in [0.25, 0.3) is 0 Å². The van der Waals surface area contributed by atoms with Gasteiger partial charge in [-0.2, -0.15) is 0 Å². The Morgan fingerprint density at radius 3 is 2.89 bits per heavy atom. The third-order valence-corrected chi connectivity index (χ3v) is 3.94. The minimum absolute atomic E-state index is 0.255. The maximum Gasteiger partial charge on any atom is 0.139 e. The largest absolute Gasteiger partial charge is 0.397 e. The van der Waals surface area contributed by atoms with Gasteiger partial charge in [0.15, 0.2) is 0 Å². The zero-order valence-electron chi connectivity index (χ0n) is 10.8. The number of hydrogen-bond acceptors (Lipinski definition) is 3. The van der Waals surface area contributed by atoms with E-state index in [0.717, 1.165) is 31.6 Å². The predicted octanol–water partition coefficient (Wildman–Crippen LogP) is 2.70. The van der Waals surface area contributed by atoms with Gasteiger partial charge in [-0.1, -0.05) is 0 Å².